The summed E-state index contributed by atoms with van der Waals surface area (Å²) in [6, 6.07) is 37.7. The number of carbonyl (C=O) groups excluding carboxylic acids is 1. The van der Waals surface area contributed by atoms with Crippen molar-refractivity contribution >= 4 is 23.2 Å². The van der Waals surface area contributed by atoms with Crippen molar-refractivity contribution in [3.63, 3.8) is 0 Å². The molecule has 3 N–H and O–H groups in total. The summed E-state index contributed by atoms with van der Waals surface area (Å²) in [5.74, 6) is -0.0436. The molecular weight excluding hydrogens is 660 g/mol. The maximum absolute atomic E-state index is 14.4. The van der Waals surface area contributed by atoms with Gasteiger partial charge >= 0.3 is 6.09 Å². The number of aromatic nitrogens is 4. The van der Waals surface area contributed by atoms with E-state index in [4.69, 9.17) is 24.7 Å². The van der Waals surface area contributed by atoms with Crippen molar-refractivity contribution in [3.8, 4) is 0 Å². The lowest BCUT2D eigenvalue weighted by molar-refractivity contribution is -0.0870. The summed E-state index contributed by atoms with van der Waals surface area (Å²) in [6.07, 6.45) is -0.357. The second-order valence-electron chi connectivity index (χ2n) is 12.6. The molecule has 12 heteroatoms. The lowest BCUT2D eigenvalue weighted by Crippen LogP contribution is -2.48. The number of H-pyrrole nitrogens is 1. The standard InChI is InChI=1S/C40H40N6O6/c41-39-43-37-34(38(47)44-39)42-27-45(37)21-32-35(50-23-29-15-7-2-8-16-29)36(51-24-30-17-9-3-10-18-30)33(26-49-22-28-13-5-1-6-14-28)46(32)40(48)52-25-31-19-11-4-12-20-31/h1-20,27,32-33,35-36H,21-26H2,(H3,41,43,44,47)/t32-,33+,35+,36+/m0/s1. The summed E-state index contributed by atoms with van der Waals surface area (Å²) < 4.78 is 27.6. The van der Waals surface area contributed by atoms with Gasteiger partial charge in [0.2, 0.25) is 5.95 Å². The van der Waals surface area contributed by atoms with Gasteiger partial charge in [0.25, 0.3) is 5.56 Å². The second kappa shape index (κ2) is 16.5. The minimum atomic E-state index is -0.671. The van der Waals surface area contributed by atoms with Crippen LogP contribution in [0.4, 0.5) is 10.7 Å². The van der Waals surface area contributed by atoms with Crippen LogP contribution in [0.1, 0.15) is 22.3 Å². The van der Waals surface area contributed by atoms with Gasteiger partial charge in [0.1, 0.15) is 18.8 Å². The Morgan fingerprint density at radius 1 is 0.692 bits per heavy atom. The average molecular weight is 701 g/mol. The van der Waals surface area contributed by atoms with E-state index in [1.807, 2.05) is 121 Å². The molecule has 0 bridgehead atoms. The third-order valence-electron chi connectivity index (χ3n) is 9.06. The Labute approximate surface area is 300 Å². The normalized spacial score (nSPS) is 18.5. The first-order chi connectivity index (χ1) is 25.5. The zero-order chi connectivity index (χ0) is 35.7. The van der Waals surface area contributed by atoms with E-state index in [-0.39, 0.29) is 50.1 Å². The number of nitrogen functional groups attached to an aromatic ring is 1. The van der Waals surface area contributed by atoms with Gasteiger partial charge in [-0.15, -0.1) is 0 Å². The zero-order valence-electron chi connectivity index (χ0n) is 28.5. The number of aromatic amines is 1. The number of amides is 1. The number of nitrogens with one attached hydrogen (secondary N) is 1. The lowest BCUT2D eigenvalue weighted by atomic mass is 10.1. The Bertz CT molecular complexity index is 2100. The highest BCUT2D eigenvalue weighted by Gasteiger charge is 2.53. The molecule has 1 amide bonds. The summed E-state index contributed by atoms with van der Waals surface area (Å²) in [7, 11) is 0. The van der Waals surface area contributed by atoms with Crippen molar-refractivity contribution < 1.29 is 23.7 Å². The molecule has 52 heavy (non-hydrogen) atoms. The fourth-order valence-electron chi connectivity index (χ4n) is 6.55. The molecule has 3 heterocycles. The van der Waals surface area contributed by atoms with Crippen LogP contribution in [0.15, 0.2) is 132 Å². The number of carbonyl (C=O) groups is 1. The van der Waals surface area contributed by atoms with E-state index in [0.717, 1.165) is 22.3 Å². The number of hydrogen-bond acceptors (Lipinski definition) is 9. The number of ether oxygens (including phenoxy) is 4. The largest absolute Gasteiger partial charge is 0.445 e. The van der Waals surface area contributed by atoms with Gasteiger partial charge in [-0.05, 0) is 22.3 Å². The SMILES string of the molecule is Nc1nc2c(ncn2C[C@H]2[C@@H](OCc3ccccc3)[C@H](OCc3ccccc3)[C@@H](COCc3ccccc3)N2C(=O)OCc2ccccc2)c(=O)[nH]1. The van der Waals surface area contributed by atoms with Gasteiger partial charge in [-0.1, -0.05) is 121 Å². The highest BCUT2D eigenvalue weighted by atomic mass is 16.6. The molecule has 0 spiro atoms. The van der Waals surface area contributed by atoms with Gasteiger partial charge in [0, 0.05) is 6.54 Å². The van der Waals surface area contributed by atoms with E-state index >= 15 is 0 Å². The van der Waals surface area contributed by atoms with E-state index in [1.54, 1.807) is 9.47 Å². The predicted octanol–water partition coefficient (Wildman–Crippen LogP) is 5.48. The Kier molecular flexibility index (Phi) is 11.0. The lowest BCUT2D eigenvalue weighted by Gasteiger charge is -2.30. The van der Waals surface area contributed by atoms with Crippen molar-refractivity contribution in [3.05, 3.63) is 160 Å². The van der Waals surface area contributed by atoms with Crippen molar-refractivity contribution in [1.29, 1.82) is 0 Å². The van der Waals surface area contributed by atoms with Gasteiger partial charge in [0.15, 0.2) is 11.2 Å². The van der Waals surface area contributed by atoms with Crippen molar-refractivity contribution in [2.75, 3.05) is 12.3 Å². The third kappa shape index (κ3) is 8.21. The molecule has 1 aliphatic heterocycles. The Balaban J connectivity index is 1.28. The first-order valence-electron chi connectivity index (χ1n) is 17.2. The molecule has 4 aromatic carbocycles. The molecule has 1 aliphatic rings. The summed E-state index contributed by atoms with van der Waals surface area (Å²) in [6.45, 7) is 1.19. The van der Waals surface area contributed by atoms with E-state index in [0.29, 0.717) is 6.61 Å². The Morgan fingerprint density at radius 2 is 1.19 bits per heavy atom. The number of rotatable bonds is 14. The predicted molar refractivity (Wildman–Crippen MR) is 195 cm³/mol. The van der Waals surface area contributed by atoms with Gasteiger partial charge in [0.05, 0.1) is 44.8 Å². The highest BCUT2D eigenvalue weighted by Crippen LogP contribution is 2.34. The number of nitrogens with two attached hydrogens (primary N) is 1. The highest BCUT2D eigenvalue weighted by molar-refractivity contribution is 5.71. The van der Waals surface area contributed by atoms with Crippen LogP contribution in [0.25, 0.3) is 11.2 Å². The molecule has 266 valence electrons. The third-order valence-corrected chi connectivity index (χ3v) is 9.06. The van der Waals surface area contributed by atoms with Crippen LogP contribution in [-0.2, 0) is 51.9 Å². The molecule has 2 aromatic heterocycles. The van der Waals surface area contributed by atoms with Crippen LogP contribution in [0, 0.1) is 0 Å². The number of nitrogens with zero attached hydrogens (tertiary/aromatic N) is 4. The average Bonchev–Trinajstić information content (AvgIpc) is 3.71. The first kappa shape index (κ1) is 34.6. The molecule has 1 saturated heterocycles. The summed E-state index contributed by atoms with van der Waals surface area (Å²) in [5, 5.41) is 0. The zero-order valence-corrected chi connectivity index (χ0v) is 28.5. The molecule has 0 aliphatic carbocycles. The monoisotopic (exact) mass is 700 g/mol. The molecule has 0 radical (unpaired) electrons. The maximum atomic E-state index is 14.4. The number of imidazole rings is 1. The Morgan fingerprint density at radius 3 is 1.75 bits per heavy atom. The van der Waals surface area contributed by atoms with Crippen LogP contribution >= 0.6 is 0 Å². The van der Waals surface area contributed by atoms with Gasteiger partial charge in [-0.3, -0.25) is 14.7 Å². The molecule has 6 aromatic rings. The molecule has 1 fully saturated rings. The molecule has 12 nitrogen and oxygen atoms in total. The number of hydrogen-bond donors (Lipinski definition) is 2. The topological polar surface area (TPSA) is 147 Å². The Hall–Kier alpha value is -5.82. The minimum Gasteiger partial charge on any atom is -0.445 e. The van der Waals surface area contributed by atoms with Crippen molar-refractivity contribution in [1.82, 2.24) is 24.4 Å². The fourth-order valence-corrected chi connectivity index (χ4v) is 6.55. The molecule has 0 unspecified atom stereocenters. The summed E-state index contributed by atoms with van der Waals surface area (Å²) >= 11 is 0. The van der Waals surface area contributed by atoms with Gasteiger partial charge in [-0.2, -0.15) is 4.98 Å². The minimum absolute atomic E-state index is 0.0436. The number of benzene rings is 4. The fraction of sp³-hybridized carbons (Fsp3) is 0.250. The molecular formula is C40H40N6O6. The number of likely N-dealkylation sites (tertiary alicyclic amines) is 1. The van der Waals surface area contributed by atoms with E-state index < -0.39 is 35.9 Å². The van der Waals surface area contributed by atoms with Crippen LogP contribution < -0.4 is 11.3 Å². The maximum Gasteiger partial charge on any atom is 0.410 e. The van der Waals surface area contributed by atoms with Crippen LogP contribution in [0.5, 0.6) is 0 Å². The van der Waals surface area contributed by atoms with Gasteiger partial charge in [-0.25, -0.2) is 9.78 Å². The smallest absolute Gasteiger partial charge is 0.410 e. The second-order valence-corrected chi connectivity index (χ2v) is 12.6. The first-order valence-corrected chi connectivity index (χ1v) is 17.2. The molecule has 4 atom stereocenters. The van der Waals surface area contributed by atoms with Crippen LogP contribution in [-0.4, -0.2) is 61.4 Å². The van der Waals surface area contributed by atoms with Crippen LogP contribution in [0.2, 0.25) is 0 Å². The quantitative estimate of drug-likeness (QED) is 0.151. The van der Waals surface area contributed by atoms with E-state index in [1.165, 1.54) is 6.33 Å². The number of anilines is 1. The molecule has 7 rings (SSSR count). The number of fused-ring (bicyclic) bond motifs is 1. The van der Waals surface area contributed by atoms with E-state index in [2.05, 4.69) is 15.0 Å². The van der Waals surface area contributed by atoms with Crippen molar-refractivity contribution in [2.24, 2.45) is 0 Å². The molecule has 0 saturated carbocycles. The van der Waals surface area contributed by atoms with Crippen molar-refractivity contribution in [2.45, 2.75) is 57.3 Å². The van der Waals surface area contributed by atoms with Crippen LogP contribution in [0.3, 0.4) is 0 Å². The van der Waals surface area contributed by atoms with E-state index in [9.17, 15) is 9.59 Å². The summed E-state index contributed by atoms with van der Waals surface area (Å²) in [4.78, 5) is 40.1. The van der Waals surface area contributed by atoms with Gasteiger partial charge < -0.3 is 29.2 Å². The summed E-state index contributed by atoms with van der Waals surface area (Å²) in [5.41, 5.74) is 9.68.